The van der Waals surface area contributed by atoms with E-state index in [1.165, 1.54) is 4.58 Å². The zero-order chi connectivity index (χ0) is 8.39. The van der Waals surface area contributed by atoms with Crippen LogP contribution in [0.4, 0.5) is 0 Å². The van der Waals surface area contributed by atoms with Gasteiger partial charge in [-0.2, -0.15) is 0 Å². The highest BCUT2D eigenvalue weighted by Crippen LogP contribution is 2.17. The van der Waals surface area contributed by atoms with Crippen molar-refractivity contribution in [2.45, 2.75) is 0 Å². The van der Waals surface area contributed by atoms with Gasteiger partial charge < -0.3 is 4.84 Å². The molecule has 12 heavy (non-hydrogen) atoms. The lowest BCUT2D eigenvalue weighted by molar-refractivity contribution is 0.00981. The van der Waals surface area contributed by atoms with E-state index in [9.17, 15) is 0 Å². The fourth-order valence-electron chi connectivity index (χ4n) is 0.807. The summed E-state index contributed by atoms with van der Waals surface area (Å²) in [6.07, 6.45) is 6.46. The van der Waals surface area contributed by atoms with Gasteiger partial charge in [0.2, 0.25) is 0 Å². The molecule has 1 aromatic rings. The number of thiol groups is 1. The van der Waals surface area contributed by atoms with Crippen LogP contribution in [0.3, 0.4) is 0 Å². The van der Waals surface area contributed by atoms with Crippen molar-refractivity contribution in [3.05, 3.63) is 30.5 Å². The van der Waals surface area contributed by atoms with Gasteiger partial charge in [0.1, 0.15) is 5.69 Å². The zero-order valence-corrected chi connectivity index (χ0v) is 6.90. The lowest BCUT2D eigenvalue weighted by atomic mass is 10.4. The number of nitrogens with zero attached hydrogens (tertiary/aromatic N) is 3. The highest BCUT2D eigenvalue weighted by Gasteiger charge is 2.14. The maximum Gasteiger partial charge on any atom is 0.195 e. The maximum absolute atomic E-state index is 5.09. The Bertz CT molecular complexity index is 302. The minimum atomic E-state index is 0.595. The van der Waals surface area contributed by atoms with Gasteiger partial charge in [0.25, 0.3) is 0 Å². The number of rotatable bonds is 1. The molecule has 6 heteroatoms. The Hall–Kier alpha value is -1.27. The van der Waals surface area contributed by atoms with Crippen molar-refractivity contribution < 1.29 is 4.84 Å². The molecule has 0 unspecified atom stereocenters. The van der Waals surface area contributed by atoms with Gasteiger partial charge in [-0.3, -0.25) is 10.4 Å². The quantitative estimate of drug-likeness (QED) is 0.615. The molecular formula is C6H6N4OS. The Kier molecular flexibility index (Phi) is 1.84. The van der Waals surface area contributed by atoms with Crippen LogP contribution in [0.25, 0.3) is 5.76 Å². The molecule has 0 saturated heterocycles. The highest BCUT2D eigenvalue weighted by molar-refractivity contribution is 7.77. The van der Waals surface area contributed by atoms with Crippen molar-refractivity contribution in [2.75, 3.05) is 0 Å². The molecule has 1 aliphatic rings. The first-order valence-electron chi connectivity index (χ1n) is 3.26. The Labute approximate surface area is 74.5 Å². The van der Waals surface area contributed by atoms with Crippen molar-refractivity contribution in [1.29, 1.82) is 0 Å². The lowest BCUT2D eigenvalue weighted by Gasteiger charge is -2.06. The molecule has 1 aromatic heterocycles. The molecular weight excluding hydrogens is 176 g/mol. The number of hydrogen-bond donors (Lipinski definition) is 2. The van der Waals surface area contributed by atoms with E-state index in [2.05, 4.69) is 28.2 Å². The summed E-state index contributed by atoms with van der Waals surface area (Å²) in [6.45, 7) is 0. The lowest BCUT2D eigenvalue weighted by Crippen LogP contribution is -2.16. The van der Waals surface area contributed by atoms with Crippen LogP contribution in [-0.2, 0) is 4.84 Å². The molecule has 0 amide bonds. The highest BCUT2D eigenvalue weighted by atomic mass is 32.1. The van der Waals surface area contributed by atoms with E-state index in [1.807, 2.05) is 0 Å². The predicted molar refractivity (Wildman–Crippen MR) is 45.1 cm³/mol. The van der Waals surface area contributed by atoms with Gasteiger partial charge in [-0.1, -0.05) is 0 Å². The van der Waals surface area contributed by atoms with E-state index >= 15 is 0 Å². The second-order valence-corrected chi connectivity index (χ2v) is 2.46. The molecule has 0 atom stereocenters. The third-order valence-electron chi connectivity index (χ3n) is 1.31. The number of hydrogen-bond acceptors (Lipinski definition) is 6. The summed E-state index contributed by atoms with van der Waals surface area (Å²) in [6, 6.07) is 0. The molecule has 1 aliphatic heterocycles. The second-order valence-electron chi connectivity index (χ2n) is 2.09. The summed E-state index contributed by atoms with van der Waals surface area (Å²) in [5, 5.41) is 0. The largest absolute Gasteiger partial charge is 0.372 e. The van der Waals surface area contributed by atoms with E-state index in [4.69, 9.17) is 4.84 Å². The number of aromatic nitrogens is 2. The predicted octanol–water partition coefficient (Wildman–Crippen LogP) is 0.372. The monoisotopic (exact) mass is 182 g/mol. The SMILES string of the molecule is SN1NC=C(c2cnccn2)O1. The van der Waals surface area contributed by atoms with E-state index in [1.54, 1.807) is 24.8 Å². The molecule has 2 heterocycles. The van der Waals surface area contributed by atoms with E-state index < -0.39 is 0 Å². The average Bonchev–Trinajstić information content (AvgIpc) is 2.54. The summed E-state index contributed by atoms with van der Waals surface area (Å²) in [7, 11) is 0. The van der Waals surface area contributed by atoms with Gasteiger partial charge in [-0.25, -0.2) is 4.98 Å². The minimum absolute atomic E-state index is 0.595. The van der Waals surface area contributed by atoms with Gasteiger partial charge in [-0.15, -0.1) is 0 Å². The molecule has 0 aromatic carbocycles. The van der Waals surface area contributed by atoms with Crippen LogP contribution in [0.5, 0.6) is 0 Å². The molecule has 0 bridgehead atoms. The Balaban J connectivity index is 2.22. The van der Waals surface area contributed by atoms with Crippen LogP contribution < -0.4 is 5.43 Å². The first-order valence-corrected chi connectivity index (χ1v) is 3.66. The summed E-state index contributed by atoms with van der Waals surface area (Å²) in [5.41, 5.74) is 3.38. The smallest absolute Gasteiger partial charge is 0.195 e. The molecule has 62 valence electrons. The normalized spacial score (nSPS) is 16.6. The van der Waals surface area contributed by atoms with E-state index in [0.717, 1.165) is 0 Å². The van der Waals surface area contributed by atoms with Crippen molar-refractivity contribution in [3.63, 3.8) is 0 Å². The summed E-state index contributed by atoms with van der Waals surface area (Å²) in [5.74, 6) is 0.595. The average molecular weight is 182 g/mol. The summed E-state index contributed by atoms with van der Waals surface area (Å²) >= 11 is 3.90. The van der Waals surface area contributed by atoms with Crippen molar-refractivity contribution in [1.82, 2.24) is 20.0 Å². The molecule has 0 saturated carbocycles. The van der Waals surface area contributed by atoms with Crippen molar-refractivity contribution in [3.8, 4) is 0 Å². The summed E-state index contributed by atoms with van der Waals surface area (Å²) in [4.78, 5) is 13.0. The van der Waals surface area contributed by atoms with Crippen molar-refractivity contribution in [2.24, 2.45) is 0 Å². The number of nitrogens with one attached hydrogen (secondary N) is 1. The fourth-order valence-corrected chi connectivity index (χ4v) is 0.952. The van der Waals surface area contributed by atoms with E-state index in [0.29, 0.717) is 11.5 Å². The minimum Gasteiger partial charge on any atom is -0.372 e. The molecule has 0 aliphatic carbocycles. The molecule has 0 radical (unpaired) electrons. The van der Waals surface area contributed by atoms with Gasteiger partial charge in [0, 0.05) is 17.0 Å². The Morgan fingerprint density at radius 3 is 3.00 bits per heavy atom. The summed E-state index contributed by atoms with van der Waals surface area (Å²) < 4.78 is 1.18. The van der Waals surface area contributed by atoms with Crippen LogP contribution in [-0.4, -0.2) is 14.5 Å². The van der Waals surface area contributed by atoms with Gasteiger partial charge in [0.05, 0.1) is 12.4 Å². The van der Waals surface area contributed by atoms with Crippen molar-refractivity contribution >= 4 is 18.6 Å². The Morgan fingerprint density at radius 1 is 1.50 bits per heavy atom. The molecule has 5 nitrogen and oxygen atoms in total. The van der Waals surface area contributed by atoms with Crippen LogP contribution in [0.1, 0.15) is 5.69 Å². The Morgan fingerprint density at radius 2 is 2.42 bits per heavy atom. The maximum atomic E-state index is 5.09. The molecule has 2 rings (SSSR count). The standard InChI is InChI=1S/C6H6N4OS/c12-10-9-4-6(11-10)5-3-7-1-2-8-5/h1-4,9,12H. The van der Waals surface area contributed by atoms with Gasteiger partial charge in [0.15, 0.2) is 5.76 Å². The van der Waals surface area contributed by atoms with Crippen LogP contribution in [0, 0.1) is 0 Å². The van der Waals surface area contributed by atoms with E-state index in [-0.39, 0.29) is 0 Å². The molecule has 0 spiro atoms. The topological polar surface area (TPSA) is 50.3 Å². The molecule has 1 N–H and O–H groups in total. The van der Waals surface area contributed by atoms with Crippen LogP contribution in [0.15, 0.2) is 24.8 Å². The van der Waals surface area contributed by atoms with Gasteiger partial charge in [-0.05, 0) is 12.8 Å². The number of hydrazine groups is 1. The zero-order valence-electron chi connectivity index (χ0n) is 6.01. The molecule has 0 fully saturated rings. The third-order valence-corrected chi connectivity index (χ3v) is 1.50. The second kappa shape index (κ2) is 3.00. The third kappa shape index (κ3) is 1.34. The first kappa shape index (κ1) is 7.38. The first-order chi connectivity index (χ1) is 5.86. The van der Waals surface area contributed by atoms with Crippen LogP contribution in [0.2, 0.25) is 0 Å². The van der Waals surface area contributed by atoms with Gasteiger partial charge >= 0.3 is 0 Å². The fraction of sp³-hybridized carbons (Fsp3) is 0. The van der Waals surface area contributed by atoms with Crippen LogP contribution >= 0.6 is 12.8 Å².